The van der Waals surface area contributed by atoms with Crippen molar-refractivity contribution in [1.29, 1.82) is 0 Å². The number of amides is 4. The number of carboxylic acid groups (broad SMARTS) is 1. The number of aliphatic carboxylic acids is 1. The van der Waals surface area contributed by atoms with Crippen LogP contribution in [-0.2, 0) is 17.6 Å². The number of para-hydroxylation sites is 2. The molecule has 0 aliphatic carbocycles. The summed E-state index contributed by atoms with van der Waals surface area (Å²) in [5.41, 5.74) is 6.36. The molecule has 47 heavy (non-hydrogen) atoms. The normalized spacial score (nSPS) is 17.4. The fourth-order valence-corrected chi connectivity index (χ4v) is 6.84. The van der Waals surface area contributed by atoms with Crippen LogP contribution in [0.5, 0.6) is 11.5 Å². The van der Waals surface area contributed by atoms with Crippen LogP contribution in [-0.4, -0.2) is 71.8 Å². The molecule has 4 aliphatic heterocycles. The lowest BCUT2D eigenvalue weighted by atomic mass is 10.1. The minimum Gasteiger partial charge on any atom is -0.493 e. The first-order chi connectivity index (χ1) is 23.0. The van der Waals surface area contributed by atoms with Crippen molar-refractivity contribution in [3.63, 3.8) is 0 Å². The van der Waals surface area contributed by atoms with Crippen molar-refractivity contribution in [3.8, 4) is 11.5 Å². The Bertz CT molecular complexity index is 1850. The largest absolute Gasteiger partial charge is 0.493 e. The van der Waals surface area contributed by atoms with Gasteiger partial charge < -0.3 is 24.4 Å². The van der Waals surface area contributed by atoms with Crippen molar-refractivity contribution in [3.05, 3.63) is 107 Å². The number of fused-ring (bicyclic) bond motifs is 4. The lowest BCUT2D eigenvalue weighted by Crippen LogP contribution is -2.62. The van der Waals surface area contributed by atoms with E-state index >= 15 is 0 Å². The second-order valence-corrected chi connectivity index (χ2v) is 12.0. The molecule has 8 rings (SSSR count). The van der Waals surface area contributed by atoms with Crippen LogP contribution in [0.1, 0.15) is 22.3 Å². The van der Waals surface area contributed by atoms with Gasteiger partial charge in [0.1, 0.15) is 17.5 Å². The number of hydrogen-bond acceptors (Lipinski definition) is 5. The van der Waals surface area contributed by atoms with E-state index in [0.29, 0.717) is 36.0 Å². The van der Waals surface area contributed by atoms with Crippen molar-refractivity contribution < 1.29 is 29.0 Å². The molecule has 10 heteroatoms. The van der Waals surface area contributed by atoms with E-state index in [1.807, 2.05) is 97.1 Å². The van der Waals surface area contributed by atoms with Gasteiger partial charge in [0, 0.05) is 25.9 Å². The first kappa shape index (κ1) is 28.7. The fourth-order valence-electron chi connectivity index (χ4n) is 6.84. The Balaban J connectivity index is 1.12. The number of nitrogens with zero attached hydrogens (tertiary/aromatic N) is 4. The van der Waals surface area contributed by atoms with Gasteiger partial charge in [0.25, 0.3) is 0 Å². The molecule has 0 unspecified atom stereocenters. The van der Waals surface area contributed by atoms with Crippen LogP contribution >= 0.6 is 0 Å². The topological polar surface area (TPSA) is 103 Å². The van der Waals surface area contributed by atoms with E-state index in [1.54, 1.807) is 9.80 Å². The molecule has 10 nitrogen and oxygen atoms in total. The predicted molar refractivity (Wildman–Crippen MR) is 178 cm³/mol. The van der Waals surface area contributed by atoms with Crippen molar-refractivity contribution in [2.24, 2.45) is 0 Å². The summed E-state index contributed by atoms with van der Waals surface area (Å²) < 4.78 is 11.4. The molecular weight excluding hydrogens is 596 g/mol. The third-order valence-corrected chi connectivity index (χ3v) is 9.22. The zero-order valence-electron chi connectivity index (χ0n) is 25.5. The van der Waals surface area contributed by atoms with Gasteiger partial charge >= 0.3 is 18.0 Å². The number of piperazine rings is 1. The average Bonchev–Trinajstić information content (AvgIpc) is 3.74. The van der Waals surface area contributed by atoms with Gasteiger partial charge in [-0.25, -0.2) is 14.4 Å². The maximum Gasteiger partial charge on any atom is 0.329 e. The zero-order valence-corrected chi connectivity index (χ0v) is 25.5. The molecule has 4 aromatic rings. The Kier molecular flexibility index (Phi) is 7.05. The minimum absolute atomic E-state index is 0.0372. The molecule has 0 bridgehead atoms. The van der Waals surface area contributed by atoms with Crippen molar-refractivity contribution >= 4 is 52.9 Å². The first-order valence-electron chi connectivity index (χ1n) is 15.8. The highest BCUT2D eigenvalue weighted by atomic mass is 16.5. The maximum atomic E-state index is 14.6. The molecule has 4 aromatic carbocycles. The average molecular weight is 629 g/mol. The second kappa shape index (κ2) is 11.5. The molecule has 4 heterocycles. The van der Waals surface area contributed by atoms with E-state index in [-0.39, 0.29) is 25.7 Å². The van der Waals surface area contributed by atoms with Crippen LogP contribution in [0.25, 0.3) is 12.2 Å². The highest BCUT2D eigenvalue weighted by molar-refractivity contribution is 6.06. The van der Waals surface area contributed by atoms with Gasteiger partial charge in [-0.3, -0.25) is 9.80 Å². The summed E-state index contributed by atoms with van der Waals surface area (Å²) >= 11 is 0. The number of benzene rings is 4. The standard InChI is InChI=1S/C37H32N4O6/c42-35(43)32-23-38(36(44)41-30-7-3-1-5-24(30)9-10-25-6-2-4-8-31(25)41)17-18-39(32)37(45)40(28-11-13-33-26(21-28)15-19-46-33)29-12-14-34-27(22-29)16-20-47-34/h1-14,21-22,32H,15-20,23H2,(H,42,43)/t32-/m0/s1. The molecule has 1 N–H and O–H groups in total. The summed E-state index contributed by atoms with van der Waals surface area (Å²) in [4.78, 5) is 47.9. The summed E-state index contributed by atoms with van der Waals surface area (Å²) in [6.07, 6.45) is 5.39. The minimum atomic E-state index is -1.27. The van der Waals surface area contributed by atoms with Gasteiger partial charge in [-0.15, -0.1) is 0 Å². The molecule has 0 saturated carbocycles. The Morgan fingerprint density at radius 3 is 1.83 bits per heavy atom. The monoisotopic (exact) mass is 628 g/mol. The number of carboxylic acids is 1. The number of rotatable bonds is 3. The van der Waals surface area contributed by atoms with Crippen molar-refractivity contribution in [1.82, 2.24) is 9.80 Å². The Labute approximate surface area is 271 Å². The molecule has 236 valence electrons. The Hall–Kier alpha value is -5.77. The predicted octanol–water partition coefficient (Wildman–Crippen LogP) is 6.33. The van der Waals surface area contributed by atoms with E-state index in [0.717, 1.165) is 46.6 Å². The van der Waals surface area contributed by atoms with Crippen LogP contribution in [0.2, 0.25) is 0 Å². The lowest BCUT2D eigenvalue weighted by Gasteiger charge is -2.42. The van der Waals surface area contributed by atoms with E-state index in [9.17, 15) is 19.5 Å². The summed E-state index contributed by atoms with van der Waals surface area (Å²) in [5, 5.41) is 10.5. The van der Waals surface area contributed by atoms with Crippen molar-refractivity contribution in [2.45, 2.75) is 18.9 Å². The highest BCUT2D eigenvalue weighted by Crippen LogP contribution is 2.39. The summed E-state index contributed by atoms with van der Waals surface area (Å²) in [6, 6.07) is 24.4. The molecule has 0 aromatic heterocycles. The maximum absolute atomic E-state index is 14.6. The van der Waals surface area contributed by atoms with Gasteiger partial charge in [0.15, 0.2) is 0 Å². The van der Waals surface area contributed by atoms with Crippen molar-refractivity contribution in [2.75, 3.05) is 42.6 Å². The van der Waals surface area contributed by atoms with Crippen LogP contribution in [0.15, 0.2) is 84.9 Å². The summed E-state index contributed by atoms with van der Waals surface area (Å²) in [5.74, 6) is 0.385. The number of carbonyl (C=O) groups excluding carboxylic acids is 2. The van der Waals surface area contributed by atoms with Crippen LogP contribution in [0.4, 0.5) is 32.3 Å². The third kappa shape index (κ3) is 5.02. The zero-order chi connectivity index (χ0) is 32.1. The van der Waals surface area contributed by atoms with Gasteiger partial charge in [-0.1, -0.05) is 48.6 Å². The highest BCUT2D eigenvalue weighted by Gasteiger charge is 2.41. The number of carbonyl (C=O) groups is 3. The van der Waals surface area contributed by atoms with E-state index < -0.39 is 18.0 Å². The van der Waals surface area contributed by atoms with Gasteiger partial charge in [0.2, 0.25) is 0 Å². The molecule has 1 saturated heterocycles. The molecule has 4 aliphatic rings. The smallest absolute Gasteiger partial charge is 0.329 e. The van der Waals surface area contributed by atoms with E-state index in [2.05, 4.69) is 0 Å². The van der Waals surface area contributed by atoms with E-state index in [1.165, 1.54) is 9.80 Å². The molecule has 0 radical (unpaired) electrons. The Morgan fingerprint density at radius 1 is 0.723 bits per heavy atom. The molecule has 4 amide bonds. The number of urea groups is 2. The molecule has 1 atom stereocenters. The lowest BCUT2D eigenvalue weighted by molar-refractivity contribution is -0.143. The molecule has 1 fully saturated rings. The quantitative estimate of drug-likeness (QED) is 0.285. The summed E-state index contributed by atoms with van der Waals surface area (Å²) in [7, 11) is 0. The molecule has 0 spiro atoms. The third-order valence-electron chi connectivity index (χ3n) is 9.22. The van der Waals surface area contributed by atoms with Crippen LogP contribution < -0.4 is 19.3 Å². The number of ether oxygens (including phenoxy) is 2. The van der Waals surface area contributed by atoms with Gasteiger partial charge in [0.05, 0.1) is 42.5 Å². The van der Waals surface area contributed by atoms with Crippen LogP contribution in [0.3, 0.4) is 0 Å². The molecular formula is C37H32N4O6. The number of anilines is 4. The van der Waals surface area contributed by atoms with E-state index in [4.69, 9.17) is 9.47 Å². The second-order valence-electron chi connectivity index (χ2n) is 12.0. The number of hydrogen-bond donors (Lipinski definition) is 1. The first-order valence-corrected chi connectivity index (χ1v) is 15.8. The SMILES string of the molecule is O=C(O)[C@@H]1CN(C(=O)N2c3ccccc3C=Cc3ccccc32)CCN1C(=O)N(c1ccc2c(c1)CCO2)c1ccc2c(c1)CCO2. The summed E-state index contributed by atoms with van der Waals surface area (Å²) in [6.45, 7) is 1.17. The van der Waals surface area contributed by atoms with Gasteiger partial charge in [-0.2, -0.15) is 0 Å². The Morgan fingerprint density at radius 2 is 1.28 bits per heavy atom. The van der Waals surface area contributed by atoms with Crippen LogP contribution in [0, 0.1) is 0 Å². The van der Waals surface area contributed by atoms with Gasteiger partial charge in [-0.05, 0) is 70.8 Å². The fraction of sp³-hybridized carbons (Fsp3) is 0.216.